The second-order valence-electron chi connectivity index (χ2n) is 1.91. The highest BCUT2D eigenvalue weighted by Crippen LogP contribution is 2.03. The molecule has 0 aromatic heterocycles. The van der Waals surface area contributed by atoms with Crippen LogP contribution >= 0.6 is 0 Å². The van der Waals surface area contributed by atoms with Crippen LogP contribution in [0.3, 0.4) is 0 Å². The Morgan fingerprint density at radius 3 is 2.22 bits per heavy atom. The molecule has 0 fully saturated rings. The molecule has 0 unspecified atom stereocenters. The first-order valence-corrected chi connectivity index (χ1v) is 2.81. The first kappa shape index (κ1) is 8.78. The van der Waals surface area contributed by atoms with Crippen molar-refractivity contribution in [1.29, 1.82) is 0 Å². The summed E-state index contributed by atoms with van der Waals surface area (Å²) in [5, 5.41) is 8.28. The van der Waals surface area contributed by atoms with E-state index in [1.165, 1.54) is 0 Å². The van der Waals surface area contributed by atoms with Crippen LogP contribution in [0.4, 0.5) is 8.78 Å². The van der Waals surface area contributed by atoms with Crippen molar-refractivity contribution in [3.8, 4) is 0 Å². The number of halogens is 2. The summed E-state index contributed by atoms with van der Waals surface area (Å²) in [4.78, 5) is 0. The van der Waals surface area contributed by atoms with Gasteiger partial charge in [-0.25, -0.2) is 8.78 Å². The van der Waals surface area contributed by atoms with Crippen LogP contribution in [0.15, 0.2) is 0 Å². The molecule has 0 saturated heterocycles. The number of aliphatic hydroxyl groups is 1. The maximum Gasteiger partial charge on any atom is 0.238 e. The van der Waals surface area contributed by atoms with Gasteiger partial charge in [-0.2, -0.15) is 0 Å². The summed E-state index contributed by atoms with van der Waals surface area (Å²) >= 11 is 0. The van der Waals surface area contributed by atoms with Gasteiger partial charge in [-0.1, -0.05) is 0 Å². The molecule has 0 heterocycles. The maximum absolute atomic E-state index is 11.4. The molecule has 0 saturated carbocycles. The normalized spacial score (nSPS) is 14.3. The van der Waals surface area contributed by atoms with Crippen molar-refractivity contribution in [2.75, 3.05) is 6.61 Å². The fourth-order valence-electron chi connectivity index (χ4n) is 0.431. The molecular weight excluding hydrogens is 128 g/mol. The summed E-state index contributed by atoms with van der Waals surface area (Å²) in [6.45, 7) is -0.216. The van der Waals surface area contributed by atoms with E-state index in [-0.39, 0.29) is 19.4 Å². The number of rotatable bonds is 4. The third kappa shape index (κ3) is 5.65. The summed E-state index contributed by atoms with van der Waals surface area (Å²) in [6.07, 6.45) is -2.34. The van der Waals surface area contributed by atoms with E-state index in [4.69, 9.17) is 10.8 Å². The van der Waals surface area contributed by atoms with E-state index in [2.05, 4.69) is 0 Å². The topological polar surface area (TPSA) is 46.2 Å². The molecule has 0 rings (SSSR count). The Labute approximate surface area is 52.7 Å². The molecule has 9 heavy (non-hydrogen) atoms. The van der Waals surface area contributed by atoms with Gasteiger partial charge in [-0.05, 0) is 6.42 Å². The lowest BCUT2D eigenvalue weighted by Gasteiger charge is -2.05. The Balaban J connectivity index is 3.06. The van der Waals surface area contributed by atoms with Crippen LogP contribution in [-0.2, 0) is 0 Å². The molecule has 0 aliphatic rings. The number of nitrogens with two attached hydrogens (primary N) is 1. The third-order valence-corrected chi connectivity index (χ3v) is 0.990. The van der Waals surface area contributed by atoms with Crippen molar-refractivity contribution in [3.63, 3.8) is 0 Å². The van der Waals surface area contributed by atoms with Gasteiger partial charge in [0.25, 0.3) is 0 Å². The first-order chi connectivity index (χ1) is 4.16. The fourth-order valence-corrected chi connectivity index (χ4v) is 0.431. The van der Waals surface area contributed by atoms with E-state index < -0.39 is 12.5 Å². The van der Waals surface area contributed by atoms with Gasteiger partial charge in [0.2, 0.25) is 6.43 Å². The lowest BCUT2D eigenvalue weighted by atomic mass is 10.2. The fraction of sp³-hybridized carbons (Fsp3) is 1.00. The molecular formula is C5H11F2NO. The standard InChI is InChI=1S/C5H11F2NO/c6-5(7)2-1-4(8)3-9/h4-5,9H,1-3,8H2/t4-/m1/s1. The molecule has 0 spiro atoms. The van der Waals surface area contributed by atoms with Gasteiger partial charge < -0.3 is 10.8 Å². The Kier molecular flexibility index (Phi) is 4.53. The largest absolute Gasteiger partial charge is 0.395 e. The second kappa shape index (κ2) is 4.64. The summed E-state index contributed by atoms with van der Waals surface area (Å²) < 4.78 is 22.8. The zero-order valence-corrected chi connectivity index (χ0v) is 5.06. The SMILES string of the molecule is N[C@@H](CO)CCC(F)F. The highest BCUT2D eigenvalue weighted by Gasteiger charge is 2.05. The highest BCUT2D eigenvalue weighted by molar-refractivity contribution is 4.58. The Morgan fingerprint density at radius 2 is 1.89 bits per heavy atom. The summed E-state index contributed by atoms with van der Waals surface area (Å²) in [6, 6.07) is -0.487. The number of hydrogen-bond donors (Lipinski definition) is 2. The predicted molar refractivity (Wildman–Crippen MR) is 30.3 cm³/mol. The van der Waals surface area contributed by atoms with Crippen molar-refractivity contribution in [2.45, 2.75) is 25.3 Å². The van der Waals surface area contributed by atoms with E-state index in [0.717, 1.165) is 0 Å². The minimum Gasteiger partial charge on any atom is -0.395 e. The van der Waals surface area contributed by atoms with Crippen LogP contribution in [0, 0.1) is 0 Å². The summed E-state index contributed by atoms with van der Waals surface area (Å²) in [5.74, 6) is 0. The van der Waals surface area contributed by atoms with Crippen molar-refractivity contribution < 1.29 is 13.9 Å². The predicted octanol–water partition coefficient (Wildman–Crippen LogP) is 0.351. The molecule has 1 atom stereocenters. The van der Waals surface area contributed by atoms with Crippen LogP contribution in [0.2, 0.25) is 0 Å². The van der Waals surface area contributed by atoms with E-state index in [0.29, 0.717) is 0 Å². The van der Waals surface area contributed by atoms with Gasteiger partial charge in [0.1, 0.15) is 0 Å². The third-order valence-electron chi connectivity index (χ3n) is 0.990. The molecule has 0 aliphatic carbocycles. The average Bonchev–Trinajstić information content (AvgIpc) is 1.83. The molecule has 0 radical (unpaired) electrons. The smallest absolute Gasteiger partial charge is 0.238 e. The Hall–Kier alpha value is -0.220. The van der Waals surface area contributed by atoms with E-state index in [9.17, 15) is 8.78 Å². The molecule has 0 aliphatic heterocycles. The lowest BCUT2D eigenvalue weighted by Crippen LogP contribution is -2.24. The lowest BCUT2D eigenvalue weighted by molar-refractivity contribution is 0.127. The van der Waals surface area contributed by atoms with Gasteiger partial charge in [0.05, 0.1) is 6.61 Å². The monoisotopic (exact) mass is 139 g/mol. The molecule has 4 heteroatoms. The van der Waals surface area contributed by atoms with E-state index in [1.54, 1.807) is 0 Å². The van der Waals surface area contributed by atoms with E-state index in [1.807, 2.05) is 0 Å². The quantitative estimate of drug-likeness (QED) is 0.590. The zero-order chi connectivity index (χ0) is 7.28. The summed E-state index contributed by atoms with van der Waals surface area (Å²) in [5.41, 5.74) is 5.14. The highest BCUT2D eigenvalue weighted by atomic mass is 19.3. The Morgan fingerprint density at radius 1 is 1.33 bits per heavy atom. The molecule has 0 amide bonds. The van der Waals surface area contributed by atoms with Gasteiger partial charge in [0.15, 0.2) is 0 Å². The van der Waals surface area contributed by atoms with Crippen LogP contribution in [-0.4, -0.2) is 24.2 Å². The van der Waals surface area contributed by atoms with Crippen molar-refractivity contribution in [2.24, 2.45) is 5.73 Å². The number of alkyl halides is 2. The van der Waals surface area contributed by atoms with E-state index >= 15 is 0 Å². The molecule has 0 aromatic carbocycles. The minimum atomic E-state index is -2.30. The molecule has 56 valence electrons. The second-order valence-corrected chi connectivity index (χ2v) is 1.91. The molecule has 3 N–H and O–H groups in total. The van der Waals surface area contributed by atoms with Crippen LogP contribution in [0.1, 0.15) is 12.8 Å². The first-order valence-electron chi connectivity index (χ1n) is 2.81. The van der Waals surface area contributed by atoms with Crippen molar-refractivity contribution in [3.05, 3.63) is 0 Å². The molecule has 0 aromatic rings. The maximum atomic E-state index is 11.4. The van der Waals surface area contributed by atoms with Crippen molar-refractivity contribution >= 4 is 0 Å². The van der Waals surface area contributed by atoms with Crippen LogP contribution in [0.5, 0.6) is 0 Å². The van der Waals surface area contributed by atoms with Gasteiger partial charge in [-0.3, -0.25) is 0 Å². The number of aliphatic hydroxyl groups excluding tert-OH is 1. The Bertz CT molecular complexity index is 70.0. The number of hydrogen-bond acceptors (Lipinski definition) is 2. The van der Waals surface area contributed by atoms with Crippen molar-refractivity contribution in [1.82, 2.24) is 0 Å². The minimum absolute atomic E-state index is 0.189. The zero-order valence-electron chi connectivity index (χ0n) is 5.06. The van der Waals surface area contributed by atoms with Crippen LogP contribution in [0.25, 0.3) is 0 Å². The average molecular weight is 139 g/mol. The molecule has 2 nitrogen and oxygen atoms in total. The van der Waals surface area contributed by atoms with Gasteiger partial charge >= 0.3 is 0 Å². The summed E-state index contributed by atoms with van der Waals surface area (Å²) in [7, 11) is 0. The molecule has 0 bridgehead atoms. The van der Waals surface area contributed by atoms with Crippen LogP contribution < -0.4 is 5.73 Å². The van der Waals surface area contributed by atoms with Gasteiger partial charge in [-0.15, -0.1) is 0 Å². The van der Waals surface area contributed by atoms with Gasteiger partial charge in [0, 0.05) is 12.5 Å².